The summed E-state index contributed by atoms with van der Waals surface area (Å²) in [6, 6.07) is 11.1. The monoisotopic (exact) mass is 392 g/mol. The van der Waals surface area contributed by atoms with Gasteiger partial charge in [-0.1, -0.05) is 18.2 Å². The maximum atomic E-state index is 12.9. The standard InChI is InChI=1S/C22H24N4O3/c1-15-21(22(28)26(25(15)2)16-8-4-3-5-9-16)24-20(27)14-29-19-12-13-23-18-11-7-6-10-17(18)19/h3-5,8-9,12-13H,6-7,10-11,14H2,1-2H3,(H,24,27). The van der Waals surface area contributed by atoms with E-state index < -0.39 is 0 Å². The Balaban J connectivity index is 1.51. The number of fused-ring (bicyclic) bond motifs is 1. The van der Waals surface area contributed by atoms with Crippen molar-refractivity contribution in [1.29, 1.82) is 0 Å². The number of aryl methyl sites for hydroxylation is 1. The molecule has 1 aliphatic rings. The van der Waals surface area contributed by atoms with Gasteiger partial charge in [-0.05, 0) is 50.8 Å². The number of para-hydroxylation sites is 1. The molecule has 2 aromatic heterocycles. The van der Waals surface area contributed by atoms with Gasteiger partial charge in [0.25, 0.3) is 11.5 Å². The van der Waals surface area contributed by atoms with Crippen molar-refractivity contribution in [1.82, 2.24) is 14.3 Å². The van der Waals surface area contributed by atoms with Crippen LogP contribution in [-0.2, 0) is 24.7 Å². The van der Waals surface area contributed by atoms with Crippen LogP contribution in [0.4, 0.5) is 5.69 Å². The summed E-state index contributed by atoms with van der Waals surface area (Å²) in [5, 5.41) is 2.73. The topological polar surface area (TPSA) is 78.2 Å². The number of aromatic nitrogens is 3. The van der Waals surface area contributed by atoms with E-state index in [1.807, 2.05) is 30.3 Å². The fourth-order valence-corrected chi connectivity index (χ4v) is 3.76. The Morgan fingerprint density at radius 2 is 1.93 bits per heavy atom. The number of hydrogen-bond donors (Lipinski definition) is 1. The van der Waals surface area contributed by atoms with Crippen LogP contribution in [0.25, 0.3) is 5.69 Å². The zero-order valence-corrected chi connectivity index (χ0v) is 16.6. The van der Waals surface area contributed by atoms with Crippen molar-refractivity contribution >= 4 is 11.6 Å². The minimum absolute atomic E-state index is 0.157. The highest BCUT2D eigenvalue weighted by Crippen LogP contribution is 2.27. The van der Waals surface area contributed by atoms with Crippen LogP contribution >= 0.6 is 0 Å². The lowest BCUT2D eigenvalue weighted by molar-refractivity contribution is -0.118. The van der Waals surface area contributed by atoms with Crippen molar-refractivity contribution < 1.29 is 9.53 Å². The summed E-state index contributed by atoms with van der Waals surface area (Å²) in [4.78, 5) is 29.8. The largest absolute Gasteiger partial charge is 0.483 e. The maximum absolute atomic E-state index is 12.9. The second kappa shape index (κ2) is 7.95. The van der Waals surface area contributed by atoms with Crippen molar-refractivity contribution in [2.75, 3.05) is 11.9 Å². The van der Waals surface area contributed by atoms with Gasteiger partial charge in [0.15, 0.2) is 6.61 Å². The van der Waals surface area contributed by atoms with E-state index in [1.54, 1.807) is 30.9 Å². The van der Waals surface area contributed by atoms with Gasteiger partial charge in [-0.25, -0.2) is 4.68 Å². The number of nitrogens with one attached hydrogen (secondary N) is 1. The van der Waals surface area contributed by atoms with Gasteiger partial charge in [-0.2, -0.15) is 0 Å². The molecule has 0 fully saturated rings. The second-order valence-electron chi connectivity index (χ2n) is 7.21. The summed E-state index contributed by atoms with van der Waals surface area (Å²) in [5.74, 6) is 0.341. The van der Waals surface area contributed by atoms with E-state index >= 15 is 0 Å². The van der Waals surface area contributed by atoms with Gasteiger partial charge in [0.2, 0.25) is 0 Å². The first-order valence-corrected chi connectivity index (χ1v) is 9.79. The minimum atomic E-state index is -0.364. The molecule has 150 valence electrons. The zero-order chi connectivity index (χ0) is 20.4. The molecule has 7 nitrogen and oxygen atoms in total. The van der Waals surface area contributed by atoms with Gasteiger partial charge in [0.05, 0.1) is 11.4 Å². The van der Waals surface area contributed by atoms with Gasteiger partial charge in [0, 0.05) is 24.5 Å². The van der Waals surface area contributed by atoms with Crippen LogP contribution < -0.4 is 15.6 Å². The molecule has 0 unspecified atom stereocenters. The number of amides is 1. The molecule has 0 saturated heterocycles. The lowest BCUT2D eigenvalue weighted by Gasteiger charge is -2.18. The predicted octanol–water partition coefficient (Wildman–Crippen LogP) is 2.78. The third kappa shape index (κ3) is 3.68. The van der Waals surface area contributed by atoms with Crippen LogP contribution in [0.15, 0.2) is 47.4 Å². The first-order chi connectivity index (χ1) is 14.1. The molecule has 4 rings (SSSR count). The molecule has 0 radical (unpaired) electrons. The smallest absolute Gasteiger partial charge is 0.295 e. The highest BCUT2D eigenvalue weighted by atomic mass is 16.5. The molecular formula is C22H24N4O3. The van der Waals surface area contributed by atoms with Crippen LogP contribution in [0.2, 0.25) is 0 Å². The Bertz CT molecular complexity index is 1100. The van der Waals surface area contributed by atoms with Crippen molar-refractivity contribution in [2.24, 2.45) is 7.05 Å². The van der Waals surface area contributed by atoms with Gasteiger partial charge >= 0.3 is 0 Å². The van der Waals surface area contributed by atoms with Crippen molar-refractivity contribution in [3.8, 4) is 11.4 Å². The number of rotatable bonds is 5. The summed E-state index contributed by atoms with van der Waals surface area (Å²) < 4.78 is 9.03. The number of pyridine rings is 1. The highest BCUT2D eigenvalue weighted by Gasteiger charge is 2.19. The molecule has 1 aliphatic carbocycles. The molecule has 2 heterocycles. The van der Waals surface area contributed by atoms with Crippen molar-refractivity contribution in [2.45, 2.75) is 32.6 Å². The normalized spacial score (nSPS) is 13.0. The summed E-state index contributed by atoms with van der Waals surface area (Å²) in [6.07, 6.45) is 5.81. The van der Waals surface area contributed by atoms with E-state index in [2.05, 4.69) is 10.3 Å². The van der Waals surface area contributed by atoms with E-state index in [1.165, 1.54) is 4.68 Å². The lowest BCUT2D eigenvalue weighted by Crippen LogP contribution is -2.26. The molecule has 0 bridgehead atoms. The van der Waals surface area contributed by atoms with Gasteiger partial charge < -0.3 is 10.1 Å². The van der Waals surface area contributed by atoms with Crippen molar-refractivity contribution in [3.63, 3.8) is 0 Å². The number of carbonyl (C=O) groups excluding carboxylic acids is 1. The molecule has 7 heteroatoms. The molecule has 1 amide bonds. The number of anilines is 1. The lowest BCUT2D eigenvalue weighted by atomic mass is 9.95. The molecule has 0 spiro atoms. The van der Waals surface area contributed by atoms with Crippen molar-refractivity contribution in [3.05, 3.63) is 69.9 Å². The van der Waals surface area contributed by atoms with Gasteiger partial charge in [-0.3, -0.25) is 19.3 Å². The summed E-state index contributed by atoms with van der Waals surface area (Å²) in [7, 11) is 1.79. The van der Waals surface area contributed by atoms with Crippen LogP contribution in [-0.4, -0.2) is 26.9 Å². The Hall–Kier alpha value is -3.35. The van der Waals surface area contributed by atoms with Crippen LogP contribution in [0.5, 0.6) is 5.75 Å². The first kappa shape index (κ1) is 19.0. The zero-order valence-electron chi connectivity index (χ0n) is 16.6. The summed E-state index contributed by atoms with van der Waals surface area (Å²) >= 11 is 0. The molecule has 0 atom stereocenters. The Morgan fingerprint density at radius 3 is 2.72 bits per heavy atom. The highest BCUT2D eigenvalue weighted by molar-refractivity contribution is 5.92. The molecule has 0 saturated carbocycles. The molecule has 0 aliphatic heterocycles. The molecule has 29 heavy (non-hydrogen) atoms. The summed E-state index contributed by atoms with van der Waals surface area (Å²) in [6.45, 7) is 1.64. The Morgan fingerprint density at radius 1 is 1.17 bits per heavy atom. The predicted molar refractivity (Wildman–Crippen MR) is 111 cm³/mol. The number of nitrogens with zero attached hydrogens (tertiary/aromatic N) is 3. The third-order valence-corrected chi connectivity index (χ3v) is 5.37. The second-order valence-corrected chi connectivity index (χ2v) is 7.21. The van der Waals surface area contributed by atoms with E-state index in [-0.39, 0.29) is 23.8 Å². The average Bonchev–Trinajstić information content (AvgIpc) is 2.96. The quantitative estimate of drug-likeness (QED) is 0.724. The first-order valence-electron chi connectivity index (χ1n) is 9.79. The van der Waals surface area contributed by atoms with Gasteiger partial charge in [0.1, 0.15) is 11.4 Å². The SMILES string of the molecule is Cc1c(NC(=O)COc2ccnc3c2CCCC3)c(=O)n(-c2ccccc2)n1C. The van der Waals surface area contributed by atoms with Crippen LogP contribution in [0.3, 0.4) is 0 Å². The minimum Gasteiger partial charge on any atom is -0.483 e. The van der Waals surface area contributed by atoms with E-state index in [9.17, 15) is 9.59 Å². The number of benzene rings is 1. The fourth-order valence-electron chi connectivity index (χ4n) is 3.76. The number of ether oxygens (including phenoxy) is 1. The Labute approximate surface area is 168 Å². The molecule has 1 N–H and O–H groups in total. The van der Waals surface area contributed by atoms with Gasteiger partial charge in [-0.15, -0.1) is 0 Å². The van der Waals surface area contributed by atoms with E-state index in [0.717, 1.165) is 42.6 Å². The Kier molecular flexibility index (Phi) is 5.20. The molecular weight excluding hydrogens is 368 g/mol. The number of carbonyl (C=O) groups is 1. The average molecular weight is 392 g/mol. The van der Waals surface area contributed by atoms with Crippen LogP contribution in [0, 0.1) is 6.92 Å². The van der Waals surface area contributed by atoms with E-state index in [0.29, 0.717) is 11.4 Å². The number of hydrogen-bond acceptors (Lipinski definition) is 4. The fraction of sp³-hybridized carbons (Fsp3) is 0.318. The summed E-state index contributed by atoms with van der Waals surface area (Å²) in [5.41, 5.74) is 3.55. The van der Waals surface area contributed by atoms with Crippen LogP contribution in [0.1, 0.15) is 29.8 Å². The van der Waals surface area contributed by atoms with E-state index in [4.69, 9.17) is 4.74 Å². The molecule has 1 aromatic carbocycles. The third-order valence-electron chi connectivity index (χ3n) is 5.37. The molecule has 3 aromatic rings. The maximum Gasteiger partial charge on any atom is 0.295 e.